The second-order valence-electron chi connectivity index (χ2n) is 28.7. The maximum Gasteiger partial charge on any atom is 0.0852 e. The minimum Gasteiger partial charge on any atom is -0.359 e. The Morgan fingerprint density at radius 3 is 1.18 bits per heavy atom. The normalized spacial score (nSPS) is 14.0. The Morgan fingerprint density at radius 2 is 0.789 bits per heavy atom. The molecular formula is C62H122N7OP. The molecule has 0 N–H and O–H groups in total. The number of rotatable bonds is 43. The van der Waals surface area contributed by atoms with Crippen LogP contribution in [0.4, 0.5) is 0 Å². The quantitative estimate of drug-likeness (QED) is 0.0487. The molecule has 0 aliphatic heterocycles. The summed E-state index contributed by atoms with van der Waals surface area (Å²) in [6.45, 7) is 49.6. The molecule has 0 radical (unpaired) electrons. The summed E-state index contributed by atoms with van der Waals surface area (Å²) in [6.07, 6.45) is 38.8. The number of aryl methyl sites for hydroxylation is 2. The summed E-state index contributed by atoms with van der Waals surface area (Å²) in [4.78, 5) is 2.86. The molecule has 0 amide bonds. The van der Waals surface area contributed by atoms with Gasteiger partial charge in [-0.2, -0.15) is 0 Å². The fraction of sp³-hybridized carbons (Fsp3) is 0.935. The standard InChI is InChI=1S/C62H122N7OP/c1-53(2)55-51-68(65-63-55)47-42-61(14,15)39-32-37-59(10,11)34-26-20-23-29-45-67(44-28-22-19-25-33-58(8,9)36-31-38-60(12,13)41-40-57(5,6)7)46-30-24-21-27-35-62(16,17)43-49-70-71(18)50-48-69-52-56(54(3)4)64-66-69/h51-54H,19-50H2,1-18H3. The molecule has 8 nitrogen and oxygen atoms in total. The molecule has 71 heavy (non-hydrogen) atoms. The van der Waals surface area contributed by atoms with Crippen LogP contribution in [0.2, 0.25) is 0 Å². The van der Waals surface area contributed by atoms with Gasteiger partial charge in [-0.25, -0.2) is 0 Å². The van der Waals surface area contributed by atoms with Gasteiger partial charge in [-0.15, -0.1) is 10.2 Å². The molecule has 9 heteroatoms. The Kier molecular flexibility index (Phi) is 30.5. The minimum atomic E-state index is -0.436. The highest BCUT2D eigenvalue weighted by molar-refractivity contribution is 7.51. The molecule has 2 aromatic rings. The maximum absolute atomic E-state index is 6.34. The summed E-state index contributed by atoms with van der Waals surface area (Å²) >= 11 is 0. The van der Waals surface area contributed by atoms with Gasteiger partial charge in [0.25, 0.3) is 0 Å². The smallest absolute Gasteiger partial charge is 0.0852 e. The molecule has 0 saturated carbocycles. The number of unbranched alkanes of at least 4 members (excludes halogenated alkanes) is 9. The van der Waals surface area contributed by atoms with Gasteiger partial charge in [0, 0.05) is 39.8 Å². The Balaban J connectivity index is 1.73. The molecular weight excluding hydrogens is 890 g/mol. The van der Waals surface area contributed by atoms with Crippen LogP contribution in [0, 0.1) is 32.5 Å². The molecule has 0 aromatic carbocycles. The van der Waals surface area contributed by atoms with E-state index in [4.69, 9.17) is 4.52 Å². The van der Waals surface area contributed by atoms with Gasteiger partial charge in [0.05, 0.1) is 18.0 Å². The summed E-state index contributed by atoms with van der Waals surface area (Å²) in [5, 5.41) is 17.4. The van der Waals surface area contributed by atoms with Crippen LogP contribution in [0.3, 0.4) is 0 Å². The van der Waals surface area contributed by atoms with Gasteiger partial charge in [0.1, 0.15) is 0 Å². The van der Waals surface area contributed by atoms with E-state index in [9.17, 15) is 0 Å². The summed E-state index contributed by atoms with van der Waals surface area (Å²) in [7, 11) is -0.436. The SMILES string of the molecule is CC(C)c1cn(CCP(C)OCCC(C)(C)CCCCCCN(CCCCCCC(C)(C)CCCC(C)(C)CCn2cc(C(C)C)nn2)CCCCCCC(C)(C)CCCC(C)(C)CCC(C)(C)C)nn1. The lowest BCUT2D eigenvalue weighted by molar-refractivity contribution is 0.212. The van der Waals surface area contributed by atoms with Gasteiger partial charge in [-0.05, 0) is 161 Å². The Bertz CT molecular complexity index is 1630. The van der Waals surface area contributed by atoms with Crippen LogP contribution in [0.15, 0.2) is 12.4 Å². The first-order valence-electron chi connectivity index (χ1n) is 29.9. The second kappa shape index (κ2) is 32.9. The van der Waals surface area contributed by atoms with Crippen molar-refractivity contribution in [2.24, 2.45) is 32.5 Å². The van der Waals surface area contributed by atoms with Crippen molar-refractivity contribution in [3.63, 3.8) is 0 Å². The van der Waals surface area contributed by atoms with E-state index in [1.54, 1.807) is 0 Å². The lowest BCUT2D eigenvalue weighted by atomic mass is 9.75. The maximum atomic E-state index is 6.34. The van der Waals surface area contributed by atoms with Gasteiger partial charge in [-0.1, -0.05) is 199 Å². The number of hydrogen-bond acceptors (Lipinski definition) is 6. The van der Waals surface area contributed by atoms with Crippen LogP contribution in [0.25, 0.3) is 0 Å². The predicted molar refractivity (Wildman–Crippen MR) is 312 cm³/mol. The third kappa shape index (κ3) is 33.3. The molecule has 2 aromatic heterocycles. The summed E-state index contributed by atoms with van der Waals surface area (Å²) in [5.41, 5.74) is 4.65. The fourth-order valence-corrected chi connectivity index (χ4v) is 11.2. The van der Waals surface area contributed by atoms with Crippen molar-refractivity contribution in [2.45, 2.75) is 303 Å². The van der Waals surface area contributed by atoms with E-state index in [0.717, 1.165) is 50.1 Å². The van der Waals surface area contributed by atoms with Crippen LogP contribution in [0.1, 0.15) is 301 Å². The van der Waals surface area contributed by atoms with E-state index in [1.807, 2.05) is 4.68 Å². The number of nitrogens with zero attached hydrogens (tertiary/aromatic N) is 7. The molecule has 416 valence electrons. The predicted octanol–water partition coefficient (Wildman–Crippen LogP) is 19.1. The Labute approximate surface area is 444 Å². The van der Waals surface area contributed by atoms with Crippen molar-refractivity contribution in [1.82, 2.24) is 34.9 Å². The first-order chi connectivity index (χ1) is 33.1. The van der Waals surface area contributed by atoms with E-state index in [2.05, 4.69) is 167 Å². The zero-order valence-electron chi connectivity index (χ0n) is 50.9. The van der Waals surface area contributed by atoms with Crippen molar-refractivity contribution < 1.29 is 4.52 Å². The van der Waals surface area contributed by atoms with E-state index in [0.29, 0.717) is 44.3 Å². The first kappa shape index (κ1) is 65.7. The van der Waals surface area contributed by atoms with Crippen molar-refractivity contribution in [2.75, 3.05) is 39.1 Å². The monoisotopic (exact) mass is 1010 g/mol. The summed E-state index contributed by atoms with van der Waals surface area (Å²) in [5.74, 6) is 0.859. The molecule has 0 aliphatic carbocycles. The zero-order chi connectivity index (χ0) is 53.2. The molecule has 1 atom stereocenters. The highest BCUT2D eigenvalue weighted by atomic mass is 31.1. The van der Waals surface area contributed by atoms with E-state index >= 15 is 0 Å². The van der Waals surface area contributed by atoms with Crippen LogP contribution in [0.5, 0.6) is 0 Å². The average Bonchev–Trinajstić information content (AvgIpc) is 3.95. The third-order valence-corrected chi connectivity index (χ3v) is 17.7. The number of hydrogen-bond donors (Lipinski definition) is 0. The number of aromatic nitrogens is 6. The van der Waals surface area contributed by atoms with Gasteiger partial charge < -0.3 is 9.42 Å². The molecule has 0 saturated heterocycles. The fourth-order valence-electron chi connectivity index (χ4n) is 10.2. The molecule has 2 rings (SSSR count). The van der Waals surface area contributed by atoms with Crippen LogP contribution in [-0.2, 0) is 17.6 Å². The summed E-state index contributed by atoms with van der Waals surface area (Å²) < 4.78 is 10.4. The largest absolute Gasteiger partial charge is 0.359 e. The zero-order valence-corrected chi connectivity index (χ0v) is 51.8. The van der Waals surface area contributed by atoms with Gasteiger partial charge in [-0.3, -0.25) is 9.36 Å². The first-order valence-corrected chi connectivity index (χ1v) is 31.8. The summed E-state index contributed by atoms with van der Waals surface area (Å²) in [6, 6.07) is 0. The minimum absolute atomic E-state index is 0.331. The van der Waals surface area contributed by atoms with Crippen LogP contribution < -0.4 is 0 Å². The molecule has 0 aliphatic rings. The highest BCUT2D eigenvalue weighted by Gasteiger charge is 2.25. The second-order valence-corrected chi connectivity index (χ2v) is 30.7. The molecule has 0 bridgehead atoms. The molecule has 0 spiro atoms. The third-order valence-electron chi connectivity index (χ3n) is 16.2. The van der Waals surface area contributed by atoms with Crippen molar-refractivity contribution in [1.29, 1.82) is 0 Å². The van der Waals surface area contributed by atoms with E-state index < -0.39 is 8.15 Å². The van der Waals surface area contributed by atoms with Gasteiger partial charge in [0.15, 0.2) is 0 Å². The Morgan fingerprint density at radius 1 is 0.437 bits per heavy atom. The van der Waals surface area contributed by atoms with Gasteiger partial charge in [0.2, 0.25) is 0 Å². The lowest BCUT2D eigenvalue weighted by Gasteiger charge is -2.31. The van der Waals surface area contributed by atoms with Crippen molar-refractivity contribution in [3.8, 4) is 0 Å². The van der Waals surface area contributed by atoms with Crippen LogP contribution in [-0.4, -0.2) is 74.0 Å². The van der Waals surface area contributed by atoms with E-state index in [-0.39, 0.29) is 0 Å². The highest BCUT2D eigenvalue weighted by Crippen LogP contribution is 2.39. The average molecular weight is 1010 g/mol. The lowest BCUT2D eigenvalue weighted by Crippen LogP contribution is -2.27. The van der Waals surface area contributed by atoms with Crippen molar-refractivity contribution >= 4 is 8.15 Å². The van der Waals surface area contributed by atoms with Crippen molar-refractivity contribution in [3.05, 3.63) is 23.8 Å². The Hall–Kier alpha value is -1.37. The van der Waals surface area contributed by atoms with Crippen LogP contribution >= 0.6 is 8.15 Å². The topological polar surface area (TPSA) is 73.9 Å². The molecule has 2 heterocycles. The molecule has 1 unspecified atom stereocenters. The van der Waals surface area contributed by atoms with Gasteiger partial charge >= 0.3 is 0 Å². The molecule has 0 fully saturated rings. The van der Waals surface area contributed by atoms with E-state index in [1.165, 1.54) is 167 Å².